The molecule has 1 N–H and O–H groups in total. The molecule has 0 aromatic carbocycles. The molecule has 1 atom stereocenters. The number of nitrogens with one attached hydrogen (secondary N) is 1. The van der Waals surface area contributed by atoms with Crippen LogP contribution in [0.1, 0.15) is 46.0 Å². The maximum atomic E-state index is 5.69. The molecule has 1 unspecified atom stereocenters. The zero-order chi connectivity index (χ0) is 10.9. The van der Waals surface area contributed by atoms with Crippen LogP contribution in [-0.2, 0) is 4.74 Å². The van der Waals surface area contributed by atoms with Gasteiger partial charge in [-0.25, -0.2) is 0 Å². The number of hydrogen-bond donors (Lipinski definition) is 1. The lowest BCUT2D eigenvalue weighted by molar-refractivity contribution is 0.0832. The van der Waals surface area contributed by atoms with Crippen molar-refractivity contribution in [3.8, 4) is 0 Å². The molecule has 0 heterocycles. The van der Waals surface area contributed by atoms with E-state index in [9.17, 15) is 0 Å². The van der Waals surface area contributed by atoms with Crippen molar-refractivity contribution < 1.29 is 4.74 Å². The van der Waals surface area contributed by atoms with E-state index in [1.54, 1.807) is 0 Å². The van der Waals surface area contributed by atoms with Crippen LogP contribution in [0.5, 0.6) is 0 Å². The van der Waals surface area contributed by atoms with Crippen molar-refractivity contribution in [1.29, 1.82) is 0 Å². The van der Waals surface area contributed by atoms with E-state index in [2.05, 4.69) is 19.2 Å². The van der Waals surface area contributed by atoms with Gasteiger partial charge in [-0.3, -0.25) is 0 Å². The Labute approximate surface area is 94.8 Å². The summed E-state index contributed by atoms with van der Waals surface area (Å²) in [4.78, 5) is 0. The Bertz CT molecular complexity index is 145. The Balaban J connectivity index is 1.81. The summed E-state index contributed by atoms with van der Waals surface area (Å²) < 4.78 is 5.69. The van der Waals surface area contributed by atoms with Crippen LogP contribution in [0.3, 0.4) is 0 Å². The summed E-state index contributed by atoms with van der Waals surface area (Å²) in [6.07, 6.45) is 6.83. The Morgan fingerprint density at radius 2 is 2.20 bits per heavy atom. The molecule has 0 aromatic rings. The third-order valence-corrected chi connectivity index (χ3v) is 3.22. The standard InChI is InChI=1S/C13H27NO/c1-3-8-14-10-12(2)11-15-9-7-13-5-4-6-13/h12-14H,3-11H2,1-2H3. The van der Waals surface area contributed by atoms with Crippen LogP contribution in [0.15, 0.2) is 0 Å². The van der Waals surface area contributed by atoms with E-state index in [1.165, 1.54) is 32.1 Å². The largest absolute Gasteiger partial charge is 0.381 e. The van der Waals surface area contributed by atoms with Gasteiger partial charge in [0.1, 0.15) is 0 Å². The van der Waals surface area contributed by atoms with Gasteiger partial charge >= 0.3 is 0 Å². The fourth-order valence-electron chi connectivity index (χ4n) is 1.90. The SMILES string of the molecule is CCCNCC(C)COCCC1CCC1. The molecule has 2 heteroatoms. The molecule has 0 aliphatic heterocycles. The quantitative estimate of drug-likeness (QED) is 0.595. The summed E-state index contributed by atoms with van der Waals surface area (Å²) >= 11 is 0. The highest BCUT2D eigenvalue weighted by molar-refractivity contribution is 4.68. The van der Waals surface area contributed by atoms with Gasteiger partial charge < -0.3 is 10.1 Å². The maximum Gasteiger partial charge on any atom is 0.0503 e. The lowest BCUT2D eigenvalue weighted by atomic mass is 9.83. The van der Waals surface area contributed by atoms with Gasteiger partial charge in [0.2, 0.25) is 0 Å². The van der Waals surface area contributed by atoms with Crippen molar-refractivity contribution in [2.45, 2.75) is 46.0 Å². The van der Waals surface area contributed by atoms with Crippen LogP contribution in [0.25, 0.3) is 0 Å². The van der Waals surface area contributed by atoms with Gasteiger partial charge in [0.05, 0.1) is 6.61 Å². The van der Waals surface area contributed by atoms with Crippen molar-refractivity contribution in [1.82, 2.24) is 5.32 Å². The molecule has 15 heavy (non-hydrogen) atoms. The first kappa shape index (κ1) is 13.0. The van der Waals surface area contributed by atoms with Crippen LogP contribution in [0.2, 0.25) is 0 Å². The van der Waals surface area contributed by atoms with Gasteiger partial charge in [0.25, 0.3) is 0 Å². The van der Waals surface area contributed by atoms with Crippen LogP contribution in [0.4, 0.5) is 0 Å². The highest BCUT2D eigenvalue weighted by Gasteiger charge is 2.16. The molecule has 0 spiro atoms. The molecule has 1 aliphatic carbocycles. The molecular weight excluding hydrogens is 186 g/mol. The second kappa shape index (κ2) is 8.12. The first-order valence-electron chi connectivity index (χ1n) is 6.61. The Hall–Kier alpha value is -0.0800. The Morgan fingerprint density at radius 3 is 2.80 bits per heavy atom. The lowest BCUT2D eigenvalue weighted by Crippen LogP contribution is -2.25. The molecule has 0 aromatic heterocycles. The summed E-state index contributed by atoms with van der Waals surface area (Å²) in [5.74, 6) is 1.64. The van der Waals surface area contributed by atoms with E-state index in [1.807, 2.05) is 0 Å². The molecule has 0 saturated heterocycles. The number of ether oxygens (including phenoxy) is 1. The smallest absolute Gasteiger partial charge is 0.0503 e. The lowest BCUT2D eigenvalue weighted by Gasteiger charge is -2.25. The minimum absolute atomic E-state index is 0.651. The van der Waals surface area contributed by atoms with Gasteiger partial charge in [-0.15, -0.1) is 0 Å². The fraction of sp³-hybridized carbons (Fsp3) is 1.00. The minimum atomic E-state index is 0.651. The molecule has 1 saturated carbocycles. The van der Waals surface area contributed by atoms with E-state index in [4.69, 9.17) is 4.74 Å². The summed E-state index contributed by atoms with van der Waals surface area (Å²) in [6.45, 7) is 8.58. The van der Waals surface area contributed by atoms with Gasteiger partial charge in [-0.2, -0.15) is 0 Å². The van der Waals surface area contributed by atoms with Gasteiger partial charge in [0.15, 0.2) is 0 Å². The summed E-state index contributed by atoms with van der Waals surface area (Å²) in [5.41, 5.74) is 0. The molecular formula is C13H27NO. The van der Waals surface area contributed by atoms with E-state index >= 15 is 0 Å². The molecule has 0 amide bonds. The van der Waals surface area contributed by atoms with Crippen molar-refractivity contribution in [3.63, 3.8) is 0 Å². The molecule has 1 fully saturated rings. The summed E-state index contributed by atoms with van der Waals surface area (Å²) in [5, 5.41) is 3.43. The highest BCUT2D eigenvalue weighted by Crippen LogP contribution is 2.29. The molecule has 0 bridgehead atoms. The maximum absolute atomic E-state index is 5.69. The van der Waals surface area contributed by atoms with E-state index in [-0.39, 0.29) is 0 Å². The van der Waals surface area contributed by atoms with Crippen molar-refractivity contribution in [2.75, 3.05) is 26.3 Å². The topological polar surface area (TPSA) is 21.3 Å². The Morgan fingerprint density at radius 1 is 1.40 bits per heavy atom. The monoisotopic (exact) mass is 213 g/mol. The van der Waals surface area contributed by atoms with Gasteiger partial charge in [-0.1, -0.05) is 33.1 Å². The fourth-order valence-corrected chi connectivity index (χ4v) is 1.90. The predicted octanol–water partition coefficient (Wildman–Crippen LogP) is 2.83. The van der Waals surface area contributed by atoms with Crippen LogP contribution < -0.4 is 5.32 Å². The number of hydrogen-bond acceptors (Lipinski definition) is 2. The van der Waals surface area contributed by atoms with Crippen LogP contribution in [-0.4, -0.2) is 26.3 Å². The highest BCUT2D eigenvalue weighted by atomic mass is 16.5. The molecule has 0 radical (unpaired) electrons. The molecule has 1 rings (SSSR count). The van der Waals surface area contributed by atoms with Crippen LogP contribution in [0, 0.1) is 11.8 Å². The Kier molecular flexibility index (Phi) is 7.03. The molecule has 90 valence electrons. The zero-order valence-electron chi connectivity index (χ0n) is 10.4. The van der Waals surface area contributed by atoms with Crippen molar-refractivity contribution >= 4 is 0 Å². The predicted molar refractivity (Wildman–Crippen MR) is 65.1 cm³/mol. The van der Waals surface area contributed by atoms with Crippen molar-refractivity contribution in [2.24, 2.45) is 11.8 Å². The second-order valence-electron chi connectivity index (χ2n) is 4.97. The van der Waals surface area contributed by atoms with E-state index in [0.717, 1.165) is 32.2 Å². The molecule has 1 aliphatic rings. The van der Waals surface area contributed by atoms with E-state index < -0.39 is 0 Å². The third kappa shape index (κ3) is 6.16. The van der Waals surface area contributed by atoms with Crippen LogP contribution >= 0.6 is 0 Å². The van der Waals surface area contributed by atoms with Gasteiger partial charge in [-0.05, 0) is 37.8 Å². The minimum Gasteiger partial charge on any atom is -0.381 e. The average molecular weight is 213 g/mol. The second-order valence-corrected chi connectivity index (χ2v) is 4.97. The normalized spacial score (nSPS) is 18.8. The average Bonchev–Trinajstić information content (AvgIpc) is 2.15. The van der Waals surface area contributed by atoms with E-state index in [0.29, 0.717) is 5.92 Å². The first-order chi connectivity index (χ1) is 7.33. The zero-order valence-corrected chi connectivity index (χ0v) is 10.4. The first-order valence-corrected chi connectivity index (χ1v) is 6.61. The summed E-state index contributed by atoms with van der Waals surface area (Å²) in [7, 11) is 0. The third-order valence-electron chi connectivity index (χ3n) is 3.22. The summed E-state index contributed by atoms with van der Waals surface area (Å²) in [6, 6.07) is 0. The van der Waals surface area contributed by atoms with Crippen molar-refractivity contribution in [3.05, 3.63) is 0 Å². The van der Waals surface area contributed by atoms with Gasteiger partial charge in [0, 0.05) is 6.61 Å². The number of rotatable bonds is 9. The molecule has 2 nitrogen and oxygen atoms in total.